The van der Waals surface area contributed by atoms with E-state index in [1.54, 1.807) is 36.0 Å². The van der Waals surface area contributed by atoms with E-state index >= 15 is 0 Å². The lowest BCUT2D eigenvalue weighted by molar-refractivity contribution is 0.579. The molecule has 102 valence electrons. The van der Waals surface area contributed by atoms with Crippen LogP contribution in [-0.4, -0.2) is 24.7 Å². The van der Waals surface area contributed by atoms with Crippen LogP contribution >= 0.6 is 0 Å². The molecule has 1 heterocycles. The number of hydrogen-bond acceptors (Lipinski definition) is 3. The minimum atomic E-state index is -3.44. The van der Waals surface area contributed by atoms with E-state index in [9.17, 15) is 8.42 Å². The molecule has 0 radical (unpaired) electrons. The zero-order chi connectivity index (χ0) is 13.9. The van der Waals surface area contributed by atoms with Crippen LogP contribution in [0.1, 0.15) is 11.3 Å². The van der Waals surface area contributed by atoms with Crippen molar-refractivity contribution in [3.63, 3.8) is 0 Å². The molecule has 0 unspecified atom stereocenters. The normalized spacial score (nSPS) is 11.7. The van der Waals surface area contributed by atoms with Crippen LogP contribution in [0.15, 0.2) is 41.4 Å². The van der Waals surface area contributed by atoms with Crippen molar-refractivity contribution in [3.05, 3.63) is 47.8 Å². The Balaban J connectivity index is 2.03. The first-order valence-corrected chi connectivity index (χ1v) is 7.51. The summed E-state index contributed by atoms with van der Waals surface area (Å²) in [6.07, 6.45) is 2.31. The molecular formula is C13H17N3O2S. The molecule has 0 aliphatic carbocycles. The molecule has 5 nitrogen and oxygen atoms in total. The molecule has 6 heteroatoms. The van der Waals surface area contributed by atoms with Crippen LogP contribution in [0.5, 0.6) is 0 Å². The zero-order valence-electron chi connectivity index (χ0n) is 11.0. The van der Waals surface area contributed by atoms with Crippen LogP contribution in [-0.2, 0) is 23.5 Å². The molecule has 0 saturated heterocycles. The number of rotatable bonds is 5. The first-order chi connectivity index (χ1) is 9.00. The van der Waals surface area contributed by atoms with E-state index in [2.05, 4.69) is 9.82 Å². The number of sulfonamides is 1. The monoisotopic (exact) mass is 279 g/mol. The minimum Gasteiger partial charge on any atom is -0.273 e. The summed E-state index contributed by atoms with van der Waals surface area (Å²) in [4.78, 5) is 0.333. The highest BCUT2D eigenvalue weighted by Crippen LogP contribution is 2.13. The number of aryl methyl sites for hydroxylation is 2. The van der Waals surface area contributed by atoms with E-state index in [0.29, 0.717) is 17.9 Å². The maximum atomic E-state index is 12.1. The molecule has 2 rings (SSSR count). The molecule has 0 aliphatic rings. The van der Waals surface area contributed by atoms with Crippen molar-refractivity contribution in [2.45, 2.75) is 18.2 Å². The fraction of sp³-hybridized carbons (Fsp3) is 0.308. The van der Waals surface area contributed by atoms with Crippen LogP contribution in [0.4, 0.5) is 0 Å². The summed E-state index contributed by atoms with van der Waals surface area (Å²) < 4.78 is 28.6. The quantitative estimate of drug-likeness (QED) is 0.896. The smallest absolute Gasteiger partial charge is 0.240 e. The van der Waals surface area contributed by atoms with Gasteiger partial charge in [-0.15, -0.1) is 0 Å². The maximum absolute atomic E-state index is 12.1. The average Bonchev–Trinajstić information content (AvgIpc) is 2.75. The van der Waals surface area contributed by atoms with Crippen molar-refractivity contribution in [2.75, 3.05) is 6.54 Å². The van der Waals surface area contributed by atoms with Gasteiger partial charge in [0, 0.05) is 31.9 Å². The van der Waals surface area contributed by atoms with E-state index in [1.807, 2.05) is 19.2 Å². The van der Waals surface area contributed by atoms with Crippen molar-refractivity contribution in [1.82, 2.24) is 14.5 Å². The fourth-order valence-corrected chi connectivity index (χ4v) is 3.17. The van der Waals surface area contributed by atoms with Gasteiger partial charge in [0.1, 0.15) is 0 Å². The third-order valence-electron chi connectivity index (χ3n) is 2.98. The van der Waals surface area contributed by atoms with Crippen molar-refractivity contribution >= 4 is 10.0 Å². The van der Waals surface area contributed by atoms with Crippen LogP contribution in [0.25, 0.3) is 0 Å². The van der Waals surface area contributed by atoms with Gasteiger partial charge >= 0.3 is 0 Å². The molecule has 0 amide bonds. The van der Waals surface area contributed by atoms with Gasteiger partial charge in [-0.1, -0.05) is 18.2 Å². The summed E-state index contributed by atoms with van der Waals surface area (Å²) in [5, 5.41) is 4.04. The summed E-state index contributed by atoms with van der Waals surface area (Å²) in [6.45, 7) is 2.14. The van der Waals surface area contributed by atoms with Crippen molar-refractivity contribution in [1.29, 1.82) is 0 Å². The molecule has 1 aromatic carbocycles. The van der Waals surface area contributed by atoms with E-state index in [4.69, 9.17) is 0 Å². The first-order valence-electron chi connectivity index (χ1n) is 6.03. The van der Waals surface area contributed by atoms with Gasteiger partial charge < -0.3 is 0 Å². The molecule has 1 aromatic heterocycles. The summed E-state index contributed by atoms with van der Waals surface area (Å²) in [5.74, 6) is 0. The number of nitrogens with zero attached hydrogens (tertiary/aromatic N) is 2. The molecule has 2 aromatic rings. The largest absolute Gasteiger partial charge is 0.273 e. The van der Waals surface area contributed by atoms with Gasteiger partial charge in [-0.3, -0.25) is 4.68 Å². The van der Waals surface area contributed by atoms with E-state index in [0.717, 1.165) is 11.3 Å². The van der Waals surface area contributed by atoms with Crippen LogP contribution in [0, 0.1) is 6.92 Å². The van der Waals surface area contributed by atoms with Crippen molar-refractivity contribution < 1.29 is 8.42 Å². The number of nitrogens with one attached hydrogen (secondary N) is 1. The lowest BCUT2D eigenvalue weighted by atomic mass is 10.2. The molecule has 19 heavy (non-hydrogen) atoms. The molecule has 1 N–H and O–H groups in total. The van der Waals surface area contributed by atoms with Gasteiger partial charge in [0.2, 0.25) is 10.0 Å². The SMILES string of the molecule is Cc1ccccc1S(=O)(=O)NCCc1ccnn1C. The summed E-state index contributed by atoms with van der Waals surface area (Å²) in [7, 11) is -1.60. The Kier molecular flexibility index (Phi) is 4.01. The van der Waals surface area contributed by atoms with Gasteiger partial charge in [0.05, 0.1) is 4.90 Å². The van der Waals surface area contributed by atoms with Gasteiger partial charge in [-0.25, -0.2) is 13.1 Å². The van der Waals surface area contributed by atoms with E-state index in [1.165, 1.54) is 0 Å². The predicted octanol–water partition coefficient (Wildman–Crippen LogP) is 1.25. The number of aromatic nitrogens is 2. The molecule has 0 bridgehead atoms. The number of benzene rings is 1. The van der Waals surface area contributed by atoms with Gasteiger partial charge in [0.15, 0.2) is 0 Å². The molecule has 0 atom stereocenters. The number of hydrogen-bond donors (Lipinski definition) is 1. The predicted molar refractivity (Wildman–Crippen MR) is 73.3 cm³/mol. The molecule has 0 saturated carbocycles. The Labute approximate surface area is 113 Å². The second kappa shape index (κ2) is 5.54. The highest BCUT2D eigenvalue weighted by molar-refractivity contribution is 7.89. The standard InChI is InChI=1S/C13H17N3O2S/c1-11-5-3-4-6-13(11)19(17,18)15-10-8-12-7-9-14-16(12)2/h3-7,9,15H,8,10H2,1-2H3. The fourth-order valence-electron chi connectivity index (χ4n) is 1.90. The Morgan fingerprint density at radius 1 is 1.26 bits per heavy atom. The Morgan fingerprint density at radius 2 is 2.00 bits per heavy atom. The Bertz CT molecular complexity index is 662. The van der Waals surface area contributed by atoms with Crippen molar-refractivity contribution in [3.8, 4) is 0 Å². The topological polar surface area (TPSA) is 64.0 Å². The molecule has 0 fully saturated rings. The first kappa shape index (κ1) is 13.8. The second-order valence-corrected chi connectivity index (χ2v) is 6.09. The molecular weight excluding hydrogens is 262 g/mol. The Morgan fingerprint density at radius 3 is 2.63 bits per heavy atom. The lowest BCUT2D eigenvalue weighted by Gasteiger charge is -2.09. The minimum absolute atomic E-state index is 0.333. The summed E-state index contributed by atoms with van der Waals surface area (Å²) in [5.41, 5.74) is 1.74. The van der Waals surface area contributed by atoms with Crippen LogP contribution in [0.2, 0.25) is 0 Å². The lowest BCUT2D eigenvalue weighted by Crippen LogP contribution is -2.27. The van der Waals surface area contributed by atoms with E-state index < -0.39 is 10.0 Å². The van der Waals surface area contributed by atoms with Gasteiger partial charge in [-0.05, 0) is 24.6 Å². The van der Waals surface area contributed by atoms with Crippen molar-refractivity contribution in [2.24, 2.45) is 7.05 Å². The molecule has 0 spiro atoms. The van der Waals surface area contributed by atoms with Gasteiger partial charge in [0.25, 0.3) is 0 Å². The molecule has 0 aliphatic heterocycles. The third kappa shape index (κ3) is 3.21. The summed E-state index contributed by atoms with van der Waals surface area (Å²) in [6, 6.07) is 8.83. The highest BCUT2D eigenvalue weighted by Gasteiger charge is 2.15. The third-order valence-corrected chi connectivity index (χ3v) is 4.60. The summed E-state index contributed by atoms with van der Waals surface area (Å²) >= 11 is 0. The average molecular weight is 279 g/mol. The van der Waals surface area contributed by atoms with Crippen LogP contribution in [0.3, 0.4) is 0 Å². The zero-order valence-corrected chi connectivity index (χ0v) is 11.8. The van der Waals surface area contributed by atoms with Crippen LogP contribution < -0.4 is 4.72 Å². The Hall–Kier alpha value is -1.66. The maximum Gasteiger partial charge on any atom is 0.240 e. The van der Waals surface area contributed by atoms with E-state index in [-0.39, 0.29) is 0 Å². The second-order valence-electron chi connectivity index (χ2n) is 4.36. The highest BCUT2D eigenvalue weighted by atomic mass is 32.2. The van der Waals surface area contributed by atoms with Gasteiger partial charge in [-0.2, -0.15) is 5.10 Å².